The Kier molecular flexibility index (Phi) is 7.21. The molecule has 0 saturated heterocycles. The average Bonchev–Trinajstić information content (AvgIpc) is 3.31. The van der Waals surface area contributed by atoms with Gasteiger partial charge in [-0.3, -0.25) is 4.79 Å². The molecule has 2 unspecified atom stereocenters. The number of aromatic nitrogens is 1. The number of aryl methyl sites for hydroxylation is 1. The molecule has 0 saturated carbocycles. The molecule has 34 heavy (non-hydrogen) atoms. The van der Waals surface area contributed by atoms with Crippen LogP contribution in [0.5, 0.6) is 11.5 Å². The molecule has 0 radical (unpaired) electrons. The molecule has 4 aromatic rings. The first-order valence-corrected chi connectivity index (χ1v) is 11.7. The molecule has 5 nitrogen and oxygen atoms in total. The van der Waals surface area contributed by atoms with Crippen LogP contribution in [-0.4, -0.2) is 25.1 Å². The van der Waals surface area contributed by atoms with E-state index in [9.17, 15) is 4.79 Å². The number of hydrogen-bond acceptors (Lipinski definition) is 3. The minimum Gasteiger partial charge on any atom is -0.493 e. The van der Waals surface area contributed by atoms with E-state index in [1.807, 2.05) is 61.7 Å². The van der Waals surface area contributed by atoms with Gasteiger partial charge in [-0.1, -0.05) is 61.5 Å². The Labute approximate surface area is 201 Å². The third-order valence-corrected chi connectivity index (χ3v) is 6.47. The highest BCUT2D eigenvalue weighted by molar-refractivity contribution is 5.88. The predicted molar refractivity (Wildman–Crippen MR) is 137 cm³/mol. The van der Waals surface area contributed by atoms with E-state index in [0.717, 1.165) is 34.0 Å². The van der Waals surface area contributed by atoms with Gasteiger partial charge in [0.05, 0.1) is 20.3 Å². The van der Waals surface area contributed by atoms with E-state index in [1.165, 1.54) is 5.56 Å². The molecular weight excluding hydrogens is 424 g/mol. The van der Waals surface area contributed by atoms with Gasteiger partial charge in [-0.15, -0.1) is 0 Å². The maximum absolute atomic E-state index is 13.3. The molecule has 1 aromatic heterocycles. The first-order chi connectivity index (χ1) is 16.5. The molecule has 2 atom stereocenters. The Bertz CT molecular complexity index is 1260. The lowest BCUT2D eigenvalue weighted by Crippen LogP contribution is -2.28. The van der Waals surface area contributed by atoms with Gasteiger partial charge in [0.2, 0.25) is 5.91 Å². The van der Waals surface area contributed by atoms with Crippen LogP contribution < -0.4 is 14.8 Å². The number of para-hydroxylation sites is 1. The third kappa shape index (κ3) is 4.79. The van der Waals surface area contributed by atoms with Crippen LogP contribution in [0.4, 0.5) is 0 Å². The van der Waals surface area contributed by atoms with Crippen LogP contribution in [0.2, 0.25) is 0 Å². The van der Waals surface area contributed by atoms with Crippen LogP contribution in [0.3, 0.4) is 0 Å². The number of aromatic amines is 1. The summed E-state index contributed by atoms with van der Waals surface area (Å²) in [6.45, 7) is 4.16. The minimum atomic E-state index is -0.149. The van der Waals surface area contributed by atoms with Crippen molar-refractivity contribution in [2.75, 3.05) is 14.2 Å². The summed E-state index contributed by atoms with van der Waals surface area (Å²) in [7, 11) is 3.25. The van der Waals surface area contributed by atoms with Crippen LogP contribution in [0.15, 0.2) is 72.9 Å². The molecule has 0 spiro atoms. The average molecular weight is 457 g/mol. The number of carbonyl (C=O) groups is 1. The Hall–Kier alpha value is -3.73. The molecule has 4 rings (SSSR count). The molecule has 0 aliphatic carbocycles. The van der Waals surface area contributed by atoms with Gasteiger partial charge in [0.1, 0.15) is 0 Å². The summed E-state index contributed by atoms with van der Waals surface area (Å²) in [4.78, 5) is 16.7. The quantitative estimate of drug-likeness (QED) is 0.318. The van der Waals surface area contributed by atoms with Gasteiger partial charge in [-0.25, -0.2) is 0 Å². The van der Waals surface area contributed by atoms with E-state index in [-0.39, 0.29) is 17.9 Å². The molecule has 1 amide bonds. The molecule has 1 heterocycles. The zero-order chi connectivity index (χ0) is 24.1. The number of amides is 1. The van der Waals surface area contributed by atoms with Crippen LogP contribution in [0.1, 0.15) is 54.5 Å². The summed E-state index contributed by atoms with van der Waals surface area (Å²) in [6.07, 6.45) is 3.29. The van der Waals surface area contributed by atoms with Crippen molar-refractivity contribution in [1.29, 1.82) is 0 Å². The number of carbonyl (C=O) groups excluding carboxylic acids is 1. The van der Waals surface area contributed by atoms with E-state index in [1.54, 1.807) is 14.2 Å². The van der Waals surface area contributed by atoms with Gasteiger partial charge < -0.3 is 19.8 Å². The van der Waals surface area contributed by atoms with Crippen molar-refractivity contribution in [2.24, 2.45) is 0 Å². The van der Waals surface area contributed by atoms with Gasteiger partial charge in [-0.05, 0) is 47.7 Å². The molecule has 0 aliphatic heterocycles. The summed E-state index contributed by atoms with van der Waals surface area (Å²) in [6, 6.07) is 22.2. The highest BCUT2D eigenvalue weighted by Crippen LogP contribution is 2.38. The highest BCUT2D eigenvalue weighted by Gasteiger charge is 2.24. The number of nitrogens with one attached hydrogen (secondary N) is 2. The number of H-pyrrole nitrogens is 1. The molecule has 0 bridgehead atoms. The van der Waals surface area contributed by atoms with Crippen LogP contribution >= 0.6 is 0 Å². The lowest BCUT2D eigenvalue weighted by Gasteiger charge is -2.21. The fourth-order valence-corrected chi connectivity index (χ4v) is 4.61. The number of rotatable bonds is 9. The second kappa shape index (κ2) is 10.5. The molecular formula is C29H32N2O3. The normalized spacial score (nSPS) is 12.8. The van der Waals surface area contributed by atoms with E-state index in [0.29, 0.717) is 17.9 Å². The van der Waals surface area contributed by atoms with Crippen LogP contribution in [0.25, 0.3) is 10.9 Å². The number of fused-ring (bicyclic) bond motifs is 1. The van der Waals surface area contributed by atoms with E-state index in [4.69, 9.17) is 9.47 Å². The molecule has 2 N–H and O–H groups in total. The van der Waals surface area contributed by atoms with Crippen molar-refractivity contribution in [3.8, 4) is 11.5 Å². The Morgan fingerprint density at radius 2 is 1.71 bits per heavy atom. The molecule has 5 heteroatoms. The summed E-state index contributed by atoms with van der Waals surface area (Å²) in [5.74, 6) is 1.16. The summed E-state index contributed by atoms with van der Waals surface area (Å²) in [5, 5.41) is 4.32. The predicted octanol–water partition coefficient (Wildman–Crippen LogP) is 6.15. The van der Waals surface area contributed by atoms with Gasteiger partial charge >= 0.3 is 0 Å². The standard InChI is InChI=1S/C29H32N2O3/c1-5-20-12-9-13-23-25(18-30-29(20)23)24(22-14-15-26(33-3)27(16-22)34-4)17-28(32)31-19(2)21-10-7-6-8-11-21/h6-16,18-19,24,30H,5,17H2,1-4H3,(H,31,32). The molecule has 0 fully saturated rings. The lowest BCUT2D eigenvalue weighted by molar-refractivity contribution is -0.121. The van der Waals surface area contributed by atoms with E-state index < -0.39 is 0 Å². The van der Waals surface area contributed by atoms with Crippen molar-refractivity contribution in [2.45, 2.75) is 38.6 Å². The van der Waals surface area contributed by atoms with Gasteiger partial charge in [0, 0.05) is 29.4 Å². The Balaban J connectivity index is 1.71. The Morgan fingerprint density at radius 1 is 0.941 bits per heavy atom. The number of methoxy groups -OCH3 is 2. The summed E-state index contributed by atoms with van der Waals surface area (Å²) in [5.41, 5.74) is 5.57. The smallest absolute Gasteiger partial charge is 0.221 e. The zero-order valence-corrected chi connectivity index (χ0v) is 20.2. The van der Waals surface area contributed by atoms with Crippen molar-refractivity contribution >= 4 is 16.8 Å². The second-order valence-corrected chi connectivity index (χ2v) is 8.51. The number of benzene rings is 3. The SMILES string of the molecule is CCc1cccc2c(C(CC(=O)NC(C)c3ccccc3)c3ccc(OC)c(OC)c3)c[nH]c12. The van der Waals surface area contributed by atoms with Crippen LogP contribution in [-0.2, 0) is 11.2 Å². The van der Waals surface area contributed by atoms with Gasteiger partial charge in [-0.2, -0.15) is 0 Å². The Morgan fingerprint density at radius 3 is 2.41 bits per heavy atom. The molecule has 176 valence electrons. The topological polar surface area (TPSA) is 63.4 Å². The van der Waals surface area contributed by atoms with Gasteiger partial charge in [0.25, 0.3) is 0 Å². The number of ether oxygens (including phenoxy) is 2. The monoisotopic (exact) mass is 456 g/mol. The zero-order valence-electron chi connectivity index (χ0n) is 20.2. The van der Waals surface area contributed by atoms with Gasteiger partial charge in [0.15, 0.2) is 11.5 Å². The summed E-state index contributed by atoms with van der Waals surface area (Å²) >= 11 is 0. The first-order valence-electron chi connectivity index (χ1n) is 11.7. The molecule has 3 aromatic carbocycles. The third-order valence-electron chi connectivity index (χ3n) is 6.47. The fourth-order valence-electron chi connectivity index (χ4n) is 4.61. The number of hydrogen-bond donors (Lipinski definition) is 2. The van der Waals surface area contributed by atoms with Crippen molar-refractivity contribution in [3.63, 3.8) is 0 Å². The first kappa shape index (κ1) is 23.4. The van der Waals surface area contributed by atoms with E-state index >= 15 is 0 Å². The maximum Gasteiger partial charge on any atom is 0.221 e. The molecule has 0 aliphatic rings. The van der Waals surface area contributed by atoms with Crippen molar-refractivity contribution in [1.82, 2.24) is 10.3 Å². The summed E-state index contributed by atoms with van der Waals surface area (Å²) < 4.78 is 11.0. The second-order valence-electron chi connectivity index (χ2n) is 8.51. The van der Waals surface area contributed by atoms with Crippen LogP contribution in [0, 0.1) is 0 Å². The largest absolute Gasteiger partial charge is 0.493 e. The maximum atomic E-state index is 13.3. The lowest BCUT2D eigenvalue weighted by atomic mass is 9.87. The van der Waals surface area contributed by atoms with Crippen molar-refractivity contribution in [3.05, 3.63) is 95.2 Å². The minimum absolute atomic E-state index is 0.00265. The highest BCUT2D eigenvalue weighted by atomic mass is 16.5. The fraction of sp³-hybridized carbons (Fsp3) is 0.276. The van der Waals surface area contributed by atoms with Crippen molar-refractivity contribution < 1.29 is 14.3 Å². The van der Waals surface area contributed by atoms with E-state index in [2.05, 4.69) is 35.4 Å².